The molecule has 2 aliphatic rings. The molecule has 34 heavy (non-hydrogen) atoms. The number of para-hydroxylation sites is 1. The number of nitrogens with zero attached hydrogens (tertiary/aromatic N) is 3. The second-order valence-electron chi connectivity index (χ2n) is 7.70. The van der Waals surface area contributed by atoms with Gasteiger partial charge in [0.2, 0.25) is 0 Å². The molecule has 0 unspecified atom stereocenters. The molecular formula is C25H21N3O2S4. The number of thioether (sulfide) groups is 2. The lowest BCUT2D eigenvalue weighted by Crippen LogP contribution is -2.31. The number of carbonyl (C=O) groups is 1. The maximum absolute atomic E-state index is 13.2. The first-order valence-corrected chi connectivity index (χ1v) is 13.6. The van der Waals surface area contributed by atoms with Crippen LogP contribution in [0.25, 0.3) is 11.0 Å². The van der Waals surface area contributed by atoms with Crippen LogP contribution in [0.15, 0.2) is 75.4 Å². The number of fused-ring (bicyclic) bond motifs is 1. The van der Waals surface area contributed by atoms with Crippen LogP contribution in [0, 0.1) is 0 Å². The van der Waals surface area contributed by atoms with Crippen LogP contribution >= 0.6 is 47.1 Å². The highest BCUT2D eigenvalue weighted by Crippen LogP contribution is 2.45. The molecule has 5 nitrogen and oxygen atoms in total. The van der Waals surface area contributed by atoms with E-state index >= 15 is 0 Å². The van der Waals surface area contributed by atoms with E-state index < -0.39 is 0 Å². The summed E-state index contributed by atoms with van der Waals surface area (Å²) in [6.45, 7) is 3.38. The van der Waals surface area contributed by atoms with Crippen LogP contribution in [0.3, 0.4) is 0 Å². The van der Waals surface area contributed by atoms with Crippen molar-refractivity contribution in [2.24, 2.45) is 7.05 Å². The fraction of sp³-hybridized carbons (Fsp3) is 0.160. The number of carbonyl (C=O) groups excluding carboxylic acids is 1. The number of benzene rings is 2. The Morgan fingerprint density at radius 1 is 0.941 bits per heavy atom. The fourth-order valence-electron chi connectivity index (χ4n) is 3.86. The summed E-state index contributed by atoms with van der Waals surface area (Å²) in [6.07, 6.45) is 3.85. The first kappa shape index (κ1) is 23.2. The Morgan fingerprint density at radius 2 is 1.68 bits per heavy atom. The van der Waals surface area contributed by atoms with E-state index in [1.54, 1.807) is 28.3 Å². The predicted octanol–water partition coefficient (Wildman–Crippen LogP) is 3.87. The molecule has 5 rings (SSSR count). The predicted molar refractivity (Wildman–Crippen MR) is 147 cm³/mol. The summed E-state index contributed by atoms with van der Waals surface area (Å²) in [5, 5.41) is 1.08. The maximum atomic E-state index is 13.2. The van der Waals surface area contributed by atoms with Crippen molar-refractivity contribution in [3.8, 4) is 0 Å². The monoisotopic (exact) mass is 523 g/mol. The molecule has 1 aromatic heterocycles. The summed E-state index contributed by atoms with van der Waals surface area (Å²) in [5.41, 5.74) is 2.08. The quantitative estimate of drug-likeness (QED) is 0.484. The molecule has 0 aliphatic carbocycles. The Hall–Kier alpha value is -2.59. The van der Waals surface area contributed by atoms with Gasteiger partial charge in [-0.05, 0) is 36.8 Å². The third kappa shape index (κ3) is 4.17. The number of thiocarbonyl (C=S) groups is 1. The van der Waals surface area contributed by atoms with Gasteiger partial charge in [-0.2, -0.15) is 0 Å². The van der Waals surface area contributed by atoms with E-state index in [1.807, 2.05) is 54.6 Å². The number of rotatable bonds is 4. The molecule has 0 spiro atoms. The summed E-state index contributed by atoms with van der Waals surface area (Å²) in [4.78, 5) is 31.8. The van der Waals surface area contributed by atoms with Crippen LogP contribution in [0.2, 0.25) is 0 Å². The summed E-state index contributed by atoms with van der Waals surface area (Å²) in [6, 6.07) is 18.1. The summed E-state index contributed by atoms with van der Waals surface area (Å²) < 4.78 is 3.29. The molecule has 0 atom stereocenters. The molecule has 0 bridgehead atoms. The minimum atomic E-state index is -0.153. The van der Waals surface area contributed by atoms with Crippen LogP contribution in [0.5, 0.6) is 0 Å². The van der Waals surface area contributed by atoms with Gasteiger partial charge < -0.3 is 9.47 Å². The molecule has 2 aromatic carbocycles. The van der Waals surface area contributed by atoms with E-state index in [1.165, 1.54) is 33.7 Å². The molecule has 172 valence electrons. The van der Waals surface area contributed by atoms with Gasteiger partial charge in [-0.15, -0.1) is 11.3 Å². The Labute approximate surface area is 215 Å². The lowest BCUT2D eigenvalue weighted by molar-refractivity contribution is -0.121. The Balaban J connectivity index is 1.50. The van der Waals surface area contributed by atoms with Crippen molar-refractivity contribution < 1.29 is 4.79 Å². The van der Waals surface area contributed by atoms with Crippen LogP contribution in [-0.4, -0.2) is 26.2 Å². The highest BCUT2D eigenvalue weighted by atomic mass is 32.2. The zero-order valence-corrected chi connectivity index (χ0v) is 21.8. The van der Waals surface area contributed by atoms with Gasteiger partial charge in [0.1, 0.15) is 13.9 Å². The first-order chi connectivity index (χ1) is 16.5. The van der Waals surface area contributed by atoms with Crippen molar-refractivity contribution in [1.29, 1.82) is 0 Å². The smallest absolute Gasteiger partial charge is 0.269 e. The Bertz CT molecular complexity index is 1500. The maximum Gasteiger partial charge on any atom is 0.269 e. The number of hydrogen-bond donors (Lipinski definition) is 0. The molecule has 3 heterocycles. The van der Waals surface area contributed by atoms with Gasteiger partial charge in [-0.25, -0.2) is 0 Å². The van der Waals surface area contributed by atoms with Gasteiger partial charge in [-0.1, -0.05) is 78.2 Å². The average molecular weight is 524 g/mol. The Kier molecular flexibility index (Phi) is 6.52. The van der Waals surface area contributed by atoms with Gasteiger partial charge in [0.05, 0.1) is 21.8 Å². The number of anilines is 1. The lowest BCUT2D eigenvalue weighted by Gasteiger charge is -2.17. The topological polar surface area (TPSA) is 45.5 Å². The fourth-order valence-corrected chi connectivity index (χ4v) is 7.46. The number of allylic oxidation sites excluding steroid dienone is 1. The second kappa shape index (κ2) is 9.58. The SMILES string of the molecule is CCN1/C(=C\C=c2/s/c(=C3\SC(=S)N(Cc4ccccc4)C3=O)n(C)c2=O)Sc2ccccc21. The van der Waals surface area contributed by atoms with Crippen molar-refractivity contribution in [3.63, 3.8) is 0 Å². The molecular weight excluding hydrogens is 503 g/mol. The van der Waals surface area contributed by atoms with Gasteiger partial charge in [0.15, 0.2) is 0 Å². The zero-order valence-electron chi connectivity index (χ0n) is 18.6. The van der Waals surface area contributed by atoms with E-state index in [9.17, 15) is 9.59 Å². The average Bonchev–Trinajstić information content (AvgIpc) is 3.45. The van der Waals surface area contributed by atoms with Crippen LogP contribution in [0.1, 0.15) is 12.5 Å². The van der Waals surface area contributed by atoms with Gasteiger partial charge in [-0.3, -0.25) is 14.5 Å². The van der Waals surface area contributed by atoms with Crippen LogP contribution in [0.4, 0.5) is 5.69 Å². The van der Waals surface area contributed by atoms with Crippen LogP contribution < -0.4 is 19.7 Å². The van der Waals surface area contributed by atoms with Crippen molar-refractivity contribution in [2.45, 2.75) is 18.4 Å². The van der Waals surface area contributed by atoms with Crippen molar-refractivity contribution >= 4 is 74.0 Å². The summed E-state index contributed by atoms with van der Waals surface area (Å²) in [7, 11) is 1.71. The van der Waals surface area contributed by atoms with E-state index in [4.69, 9.17) is 12.2 Å². The van der Waals surface area contributed by atoms with Gasteiger partial charge in [0.25, 0.3) is 11.5 Å². The largest absolute Gasteiger partial charge is 0.335 e. The molecule has 0 saturated carbocycles. The summed E-state index contributed by atoms with van der Waals surface area (Å²) >= 11 is 9.79. The van der Waals surface area contributed by atoms with Crippen molar-refractivity contribution in [2.75, 3.05) is 11.4 Å². The van der Waals surface area contributed by atoms with Crippen molar-refractivity contribution in [1.82, 2.24) is 9.47 Å². The normalized spacial score (nSPS) is 19.0. The minimum absolute atomic E-state index is 0.117. The third-order valence-electron chi connectivity index (χ3n) is 5.58. The second-order valence-corrected chi connectivity index (χ2v) is 11.4. The number of thiazole rings is 1. The van der Waals surface area contributed by atoms with Crippen molar-refractivity contribution in [3.05, 3.63) is 90.8 Å². The molecule has 1 saturated heterocycles. The number of aromatic nitrogens is 1. The standard InChI is InChI=1S/C25H21N3O2S4/c1-3-27-17-11-7-8-12-18(17)32-20(27)14-13-19-22(29)26(2)24(33-19)21-23(30)28(25(31)34-21)15-16-9-5-4-6-10-16/h4-14H,3,15H2,1-2H3/b19-13-,20-14+,24-21-. The van der Waals surface area contributed by atoms with Crippen LogP contribution in [-0.2, 0) is 18.4 Å². The molecule has 0 radical (unpaired) electrons. The lowest BCUT2D eigenvalue weighted by atomic mass is 10.2. The number of amides is 1. The van der Waals surface area contributed by atoms with E-state index in [0.29, 0.717) is 25.0 Å². The number of hydrogen-bond acceptors (Lipinski definition) is 7. The summed E-state index contributed by atoms with van der Waals surface area (Å²) in [5.74, 6) is -0.153. The highest BCUT2D eigenvalue weighted by molar-refractivity contribution is 8.30. The molecule has 3 aromatic rings. The Morgan fingerprint density at radius 3 is 2.44 bits per heavy atom. The minimum Gasteiger partial charge on any atom is -0.335 e. The third-order valence-corrected chi connectivity index (χ3v) is 9.48. The first-order valence-electron chi connectivity index (χ1n) is 10.7. The molecule has 2 aliphatic heterocycles. The highest BCUT2D eigenvalue weighted by Gasteiger charge is 2.34. The molecule has 0 N–H and O–H groups in total. The van der Waals surface area contributed by atoms with Gasteiger partial charge in [0, 0.05) is 18.5 Å². The van der Waals surface area contributed by atoms with Gasteiger partial charge >= 0.3 is 0 Å². The zero-order chi connectivity index (χ0) is 23.8. The van der Waals surface area contributed by atoms with E-state index in [0.717, 1.165) is 17.1 Å². The molecule has 1 fully saturated rings. The van der Waals surface area contributed by atoms with E-state index in [-0.39, 0.29) is 11.5 Å². The molecule has 1 amide bonds. The molecule has 9 heteroatoms. The van der Waals surface area contributed by atoms with E-state index in [2.05, 4.69) is 24.0 Å².